The molecule has 1 atom stereocenters. The van der Waals surface area contributed by atoms with Crippen LogP contribution in [0.15, 0.2) is 24.3 Å². The van der Waals surface area contributed by atoms with Crippen LogP contribution < -0.4 is 5.32 Å². The van der Waals surface area contributed by atoms with Gasteiger partial charge in [-0.25, -0.2) is 12.7 Å². The van der Waals surface area contributed by atoms with Crippen molar-refractivity contribution < 1.29 is 8.42 Å². The second kappa shape index (κ2) is 6.35. The number of nitrogens with zero attached hydrogens (tertiary/aromatic N) is 2. The largest absolute Gasteiger partial charge is 0.319 e. The smallest absolute Gasteiger partial charge is 0.218 e. The van der Waals surface area contributed by atoms with E-state index in [4.69, 9.17) is 5.26 Å². The molecule has 6 heteroatoms. The predicted octanol–water partition coefficient (Wildman–Crippen LogP) is 0.929. The van der Waals surface area contributed by atoms with Crippen molar-refractivity contribution in [3.05, 3.63) is 35.4 Å². The molecule has 1 saturated heterocycles. The molecule has 0 amide bonds. The molecule has 1 unspecified atom stereocenters. The summed E-state index contributed by atoms with van der Waals surface area (Å²) in [6, 6.07) is 8.74. The van der Waals surface area contributed by atoms with Crippen molar-refractivity contribution in [2.24, 2.45) is 5.92 Å². The van der Waals surface area contributed by atoms with Gasteiger partial charge in [0.2, 0.25) is 10.0 Å². The van der Waals surface area contributed by atoms with E-state index in [2.05, 4.69) is 5.32 Å². The van der Waals surface area contributed by atoms with E-state index < -0.39 is 10.0 Å². The Labute approximate surface area is 120 Å². The van der Waals surface area contributed by atoms with Gasteiger partial charge in [-0.2, -0.15) is 5.26 Å². The molecule has 1 aromatic carbocycles. The molecule has 0 radical (unpaired) electrons. The zero-order chi connectivity index (χ0) is 14.6. The third-order valence-corrected chi connectivity index (χ3v) is 5.38. The minimum Gasteiger partial charge on any atom is -0.319 e. The van der Waals surface area contributed by atoms with Crippen LogP contribution in [0.25, 0.3) is 0 Å². The molecule has 1 fully saturated rings. The van der Waals surface area contributed by atoms with Gasteiger partial charge in [-0.1, -0.05) is 12.1 Å². The standard InChI is InChI=1S/C14H19N3O2S/c1-16-9-14-6-7-17(10-14)20(18,19)11-13-4-2-12(8-15)3-5-13/h2-5,14,16H,6-7,9-11H2,1H3. The molecule has 0 bridgehead atoms. The highest BCUT2D eigenvalue weighted by molar-refractivity contribution is 7.88. The minimum atomic E-state index is -3.26. The molecule has 1 N–H and O–H groups in total. The first-order valence-electron chi connectivity index (χ1n) is 6.66. The second-order valence-electron chi connectivity index (χ2n) is 5.14. The Morgan fingerprint density at radius 2 is 2.10 bits per heavy atom. The lowest BCUT2D eigenvalue weighted by atomic mass is 10.1. The van der Waals surface area contributed by atoms with Crippen LogP contribution in [0.2, 0.25) is 0 Å². The monoisotopic (exact) mass is 293 g/mol. The normalized spacial score (nSPS) is 19.9. The molecule has 20 heavy (non-hydrogen) atoms. The van der Waals surface area contributed by atoms with Crippen LogP contribution in [0.3, 0.4) is 0 Å². The molecule has 1 aliphatic rings. The molecule has 5 nitrogen and oxygen atoms in total. The lowest BCUT2D eigenvalue weighted by molar-refractivity contribution is 0.450. The molecule has 1 aliphatic heterocycles. The van der Waals surface area contributed by atoms with Gasteiger partial charge >= 0.3 is 0 Å². The van der Waals surface area contributed by atoms with Crippen molar-refractivity contribution in [2.45, 2.75) is 12.2 Å². The number of sulfonamides is 1. The summed E-state index contributed by atoms with van der Waals surface area (Å²) in [7, 11) is -1.38. The van der Waals surface area contributed by atoms with E-state index in [1.54, 1.807) is 28.6 Å². The van der Waals surface area contributed by atoms with Crippen molar-refractivity contribution in [1.29, 1.82) is 5.26 Å². The van der Waals surface area contributed by atoms with Crippen molar-refractivity contribution in [2.75, 3.05) is 26.7 Å². The fourth-order valence-electron chi connectivity index (χ4n) is 2.48. The summed E-state index contributed by atoms with van der Waals surface area (Å²) in [5.74, 6) is 0.404. The van der Waals surface area contributed by atoms with E-state index in [9.17, 15) is 8.42 Å². The number of hydrogen-bond acceptors (Lipinski definition) is 4. The maximum Gasteiger partial charge on any atom is 0.218 e. The van der Waals surface area contributed by atoms with Crippen molar-refractivity contribution in [3.63, 3.8) is 0 Å². The van der Waals surface area contributed by atoms with E-state index in [1.807, 2.05) is 13.1 Å². The van der Waals surface area contributed by atoms with Gasteiger partial charge in [0.1, 0.15) is 0 Å². The molecule has 0 saturated carbocycles. The van der Waals surface area contributed by atoms with Crippen LogP contribution in [-0.4, -0.2) is 39.4 Å². The first-order valence-corrected chi connectivity index (χ1v) is 8.27. The maximum absolute atomic E-state index is 12.3. The Morgan fingerprint density at radius 1 is 1.40 bits per heavy atom. The Morgan fingerprint density at radius 3 is 2.70 bits per heavy atom. The van der Waals surface area contributed by atoms with Crippen LogP contribution in [-0.2, 0) is 15.8 Å². The quantitative estimate of drug-likeness (QED) is 0.876. The van der Waals surface area contributed by atoms with E-state index >= 15 is 0 Å². The maximum atomic E-state index is 12.3. The Balaban J connectivity index is 2.02. The molecule has 1 aromatic rings. The molecular formula is C14H19N3O2S. The van der Waals surface area contributed by atoms with Crippen LogP contribution in [0.1, 0.15) is 17.5 Å². The number of benzene rings is 1. The van der Waals surface area contributed by atoms with E-state index in [0.717, 1.165) is 18.5 Å². The van der Waals surface area contributed by atoms with Crippen LogP contribution in [0.4, 0.5) is 0 Å². The van der Waals surface area contributed by atoms with Gasteiger partial charge in [-0.05, 0) is 43.6 Å². The van der Waals surface area contributed by atoms with Gasteiger partial charge in [-0.15, -0.1) is 0 Å². The Bertz CT molecular complexity index is 590. The van der Waals surface area contributed by atoms with Gasteiger partial charge in [-0.3, -0.25) is 0 Å². The van der Waals surface area contributed by atoms with Crippen LogP contribution in [0, 0.1) is 17.2 Å². The van der Waals surface area contributed by atoms with Gasteiger partial charge in [0, 0.05) is 13.1 Å². The highest BCUT2D eigenvalue weighted by Crippen LogP contribution is 2.21. The molecular weight excluding hydrogens is 274 g/mol. The number of nitriles is 1. The first-order chi connectivity index (χ1) is 9.55. The minimum absolute atomic E-state index is 0.00494. The van der Waals surface area contributed by atoms with E-state index in [-0.39, 0.29) is 5.75 Å². The van der Waals surface area contributed by atoms with Gasteiger partial charge < -0.3 is 5.32 Å². The summed E-state index contributed by atoms with van der Waals surface area (Å²) < 4.78 is 26.3. The third kappa shape index (κ3) is 3.57. The molecule has 108 valence electrons. The molecule has 0 aliphatic carbocycles. The number of hydrogen-bond donors (Lipinski definition) is 1. The topological polar surface area (TPSA) is 73.2 Å². The van der Waals surface area contributed by atoms with Crippen molar-refractivity contribution in [1.82, 2.24) is 9.62 Å². The van der Waals surface area contributed by atoms with Crippen molar-refractivity contribution in [3.8, 4) is 6.07 Å². The van der Waals surface area contributed by atoms with Gasteiger partial charge in [0.25, 0.3) is 0 Å². The highest BCUT2D eigenvalue weighted by atomic mass is 32.2. The zero-order valence-corrected chi connectivity index (χ0v) is 12.4. The zero-order valence-electron chi connectivity index (χ0n) is 11.5. The molecule has 0 spiro atoms. The SMILES string of the molecule is CNCC1CCN(S(=O)(=O)Cc2ccc(C#N)cc2)C1. The lowest BCUT2D eigenvalue weighted by Gasteiger charge is -2.16. The van der Waals surface area contributed by atoms with Crippen LogP contribution >= 0.6 is 0 Å². The summed E-state index contributed by atoms with van der Waals surface area (Å²) in [4.78, 5) is 0. The average molecular weight is 293 g/mol. The summed E-state index contributed by atoms with van der Waals surface area (Å²) in [6.45, 7) is 2.05. The van der Waals surface area contributed by atoms with Gasteiger partial charge in [0.05, 0.1) is 17.4 Å². The Kier molecular flexibility index (Phi) is 4.76. The fraction of sp³-hybridized carbons (Fsp3) is 0.500. The third-order valence-electron chi connectivity index (χ3n) is 3.57. The Hall–Kier alpha value is -1.42. The van der Waals surface area contributed by atoms with Crippen LogP contribution in [0.5, 0.6) is 0 Å². The first kappa shape index (κ1) is 15.0. The summed E-state index contributed by atoms with van der Waals surface area (Å²) in [5, 5.41) is 11.8. The number of nitrogens with one attached hydrogen (secondary N) is 1. The molecule has 2 rings (SSSR count). The summed E-state index contributed by atoms with van der Waals surface area (Å²) in [6.07, 6.45) is 0.910. The van der Waals surface area contributed by atoms with Crippen molar-refractivity contribution >= 4 is 10.0 Å². The highest BCUT2D eigenvalue weighted by Gasteiger charge is 2.30. The fourth-order valence-corrected chi connectivity index (χ4v) is 4.10. The predicted molar refractivity (Wildman–Crippen MR) is 77.4 cm³/mol. The molecule has 0 aromatic heterocycles. The number of rotatable bonds is 5. The summed E-state index contributed by atoms with van der Waals surface area (Å²) >= 11 is 0. The van der Waals surface area contributed by atoms with E-state index in [1.165, 1.54) is 0 Å². The lowest BCUT2D eigenvalue weighted by Crippen LogP contribution is -2.31. The average Bonchev–Trinajstić information content (AvgIpc) is 2.89. The van der Waals surface area contributed by atoms with E-state index in [0.29, 0.717) is 24.6 Å². The summed E-state index contributed by atoms with van der Waals surface area (Å²) in [5.41, 5.74) is 1.27. The van der Waals surface area contributed by atoms with Gasteiger partial charge in [0.15, 0.2) is 0 Å². The molecule has 1 heterocycles. The second-order valence-corrected chi connectivity index (χ2v) is 7.10.